The van der Waals surface area contributed by atoms with Gasteiger partial charge < -0.3 is 23.9 Å². The number of nitrogens with zero attached hydrogens (tertiary/aromatic N) is 2. The number of sulfone groups is 1. The first kappa shape index (κ1) is 24.3. The van der Waals surface area contributed by atoms with Crippen molar-refractivity contribution in [2.45, 2.75) is 31.4 Å². The molecule has 0 fully saturated rings. The molecule has 0 radical (unpaired) electrons. The summed E-state index contributed by atoms with van der Waals surface area (Å²) < 4.78 is 46.9. The third-order valence-corrected chi connectivity index (χ3v) is 8.45. The molecule has 1 aliphatic heterocycles. The van der Waals surface area contributed by atoms with E-state index in [2.05, 4.69) is 22.4 Å². The average molecular weight is 534 g/mol. The second-order valence-electron chi connectivity index (χ2n) is 8.59. The number of ether oxygens (including phenoxy) is 3. The lowest BCUT2D eigenvalue weighted by molar-refractivity contribution is -0.113. The Morgan fingerprint density at radius 1 is 1.19 bits per heavy atom. The number of fused-ring (bicyclic) bond motifs is 2. The van der Waals surface area contributed by atoms with E-state index in [4.69, 9.17) is 18.6 Å². The van der Waals surface area contributed by atoms with Gasteiger partial charge in [0.05, 0.1) is 12.7 Å². The van der Waals surface area contributed by atoms with Crippen LogP contribution in [0.3, 0.4) is 0 Å². The summed E-state index contributed by atoms with van der Waals surface area (Å²) in [6.07, 6.45) is 2.39. The van der Waals surface area contributed by atoms with Crippen molar-refractivity contribution in [3.63, 3.8) is 0 Å². The molecule has 0 saturated carbocycles. The maximum atomic E-state index is 12.8. The number of rotatable bonds is 6. The molecule has 190 valence electrons. The molecule has 1 unspecified atom stereocenters. The van der Waals surface area contributed by atoms with Gasteiger partial charge in [-0.25, -0.2) is 13.2 Å². The van der Waals surface area contributed by atoms with Crippen LogP contribution in [-0.4, -0.2) is 56.6 Å². The highest BCUT2D eigenvalue weighted by Gasteiger charge is 2.31. The molecule has 11 nitrogen and oxygen atoms in total. The summed E-state index contributed by atoms with van der Waals surface area (Å²) in [6, 6.07) is 4.91. The summed E-state index contributed by atoms with van der Waals surface area (Å²) in [5.74, 6) is -0.882. The number of anilines is 1. The van der Waals surface area contributed by atoms with E-state index in [0.29, 0.717) is 42.6 Å². The molecule has 1 aliphatic carbocycles. The number of aromatic nitrogens is 2. The molecule has 3 heterocycles. The number of carbonyl (C=O) groups is 2. The quantitative estimate of drug-likeness (QED) is 0.469. The maximum absolute atomic E-state index is 12.8. The van der Waals surface area contributed by atoms with Crippen molar-refractivity contribution >= 4 is 38.1 Å². The Morgan fingerprint density at radius 3 is 2.75 bits per heavy atom. The molecule has 0 saturated heterocycles. The number of amides is 1. The smallest absolute Gasteiger partial charge is 0.341 e. The number of nitrogens with one attached hydrogen (secondary N) is 1. The minimum Gasteiger partial charge on any atom is -0.486 e. The Kier molecular flexibility index (Phi) is 6.43. The summed E-state index contributed by atoms with van der Waals surface area (Å²) in [6.45, 7) is 2.94. The molecule has 1 aromatic carbocycles. The van der Waals surface area contributed by atoms with Crippen LogP contribution in [0.15, 0.2) is 27.8 Å². The zero-order valence-electron chi connectivity index (χ0n) is 19.5. The van der Waals surface area contributed by atoms with Crippen molar-refractivity contribution in [1.29, 1.82) is 0 Å². The number of carbonyl (C=O) groups excluding carboxylic acids is 2. The van der Waals surface area contributed by atoms with E-state index >= 15 is 0 Å². The molecule has 0 bridgehead atoms. The number of methoxy groups -OCH3 is 1. The molecule has 5 rings (SSSR count). The van der Waals surface area contributed by atoms with Crippen molar-refractivity contribution < 1.29 is 36.6 Å². The summed E-state index contributed by atoms with van der Waals surface area (Å²) >= 11 is 1.27. The van der Waals surface area contributed by atoms with E-state index in [0.717, 1.165) is 23.3 Å². The van der Waals surface area contributed by atoms with Gasteiger partial charge in [-0.05, 0) is 48.9 Å². The van der Waals surface area contributed by atoms with Gasteiger partial charge in [-0.1, -0.05) is 12.0 Å². The van der Waals surface area contributed by atoms with E-state index in [1.165, 1.54) is 18.4 Å². The number of hydrogen-bond acceptors (Lipinski definition) is 11. The van der Waals surface area contributed by atoms with Crippen LogP contribution in [0.4, 0.5) is 5.00 Å². The summed E-state index contributed by atoms with van der Waals surface area (Å²) in [4.78, 5) is 26.1. The van der Waals surface area contributed by atoms with Gasteiger partial charge in [-0.15, -0.1) is 16.4 Å². The van der Waals surface area contributed by atoms with E-state index in [1.807, 2.05) is 0 Å². The molecule has 2 aliphatic rings. The van der Waals surface area contributed by atoms with Gasteiger partial charge in [-0.2, -0.15) is 0 Å². The molecule has 3 aromatic rings. The van der Waals surface area contributed by atoms with Crippen molar-refractivity contribution in [3.05, 3.63) is 34.2 Å². The molecule has 2 aromatic heterocycles. The SMILES string of the molecule is COC(=O)c1c(NC(=O)CS(=O)(=O)c2nnc(-c3ccc4c(c3)OCCO4)o2)sc2c1CCC(C)C2. The number of benzene rings is 1. The van der Waals surface area contributed by atoms with Crippen LogP contribution in [0, 0.1) is 5.92 Å². The molecule has 1 N–H and O–H groups in total. The molecular formula is C23H23N3O8S2. The Labute approximate surface area is 210 Å². The van der Waals surface area contributed by atoms with E-state index in [9.17, 15) is 18.0 Å². The minimum absolute atomic E-state index is 0.0426. The molecule has 1 amide bonds. The molecular weight excluding hydrogens is 510 g/mol. The fourth-order valence-electron chi connectivity index (χ4n) is 4.18. The Bertz CT molecular complexity index is 1440. The van der Waals surface area contributed by atoms with Gasteiger partial charge in [0.2, 0.25) is 21.6 Å². The lowest BCUT2D eigenvalue weighted by atomic mass is 9.88. The van der Waals surface area contributed by atoms with Crippen molar-refractivity contribution in [1.82, 2.24) is 10.2 Å². The lowest BCUT2D eigenvalue weighted by Gasteiger charge is -2.18. The fourth-order valence-corrected chi connectivity index (χ4v) is 6.51. The maximum Gasteiger partial charge on any atom is 0.341 e. The van der Waals surface area contributed by atoms with Crippen LogP contribution < -0.4 is 14.8 Å². The van der Waals surface area contributed by atoms with Gasteiger partial charge in [0.1, 0.15) is 24.0 Å². The van der Waals surface area contributed by atoms with Crippen LogP contribution >= 0.6 is 11.3 Å². The zero-order valence-corrected chi connectivity index (χ0v) is 21.2. The molecule has 0 spiro atoms. The first-order chi connectivity index (χ1) is 17.2. The van der Waals surface area contributed by atoms with Crippen LogP contribution in [-0.2, 0) is 32.2 Å². The Balaban J connectivity index is 1.33. The van der Waals surface area contributed by atoms with E-state index in [-0.39, 0.29) is 16.5 Å². The third kappa shape index (κ3) is 4.67. The number of esters is 1. The van der Waals surface area contributed by atoms with E-state index < -0.39 is 32.7 Å². The summed E-state index contributed by atoms with van der Waals surface area (Å²) in [7, 11) is -2.99. The first-order valence-electron chi connectivity index (χ1n) is 11.2. The first-order valence-corrected chi connectivity index (χ1v) is 13.7. The van der Waals surface area contributed by atoms with Crippen molar-refractivity contribution in [2.75, 3.05) is 31.4 Å². The summed E-state index contributed by atoms with van der Waals surface area (Å²) in [5.41, 5.74) is 1.58. The van der Waals surface area contributed by atoms with Crippen LogP contribution in [0.25, 0.3) is 11.5 Å². The topological polar surface area (TPSA) is 147 Å². The van der Waals surface area contributed by atoms with Crippen molar-refractivity contribution in [3.8, 4) is 23.0 Å². The fraction of sp³-hybridized carbons (Fsp3) is 0.391. The number of hydrogen-bond donors (Lipinski definition) is 1. The predicted molar refractivity (Wildman–Crippen MR) is 128 cm³/mol. The minimum atomic E-state index is -4.25. The molecule has 36 heavy (non-hydrogen) atoms. The zero-order chi connectivity index (χ0) is 25.4. The van der Waals surface area contributed by atoms with Crippen LogP contribution in [0.2, 0.25) is 0 Å². The molecule has 13 heteroatoms. The highest BCUT2D eigenvalue weighted by atomic mass is 32.2. The Hall–Kier alpha value is -3.45. The van der Waals surface area contributed by atoms with Gasteiger partial charge in [0, 0.05) is 10.4 Å². The standard InChI is InChI=1S/C23H23N3O8S2/c1-12-3-5-14-17(9-12)35-21(19(14)22(28)31-2)24-18(27)11-36(29,30)23-26-25-20(34-23)13-4-6-15-16(10-13)33-8-7-32-15/h4,6,10,12H,3,5,7-9,11H2,1-2H3,(H,24,27). The predicted octanol–water partition coefficient (Wildman–Crippen LogP) is 2.89. The Morgan fingerprint density at radius 2 is 1.97 bits per heavy atom. The molecule has 1 atom stereocenters. The van der Waals surface area contributed by atoms with Gasteiger partial charge in [-0.3, -0.25) is 4.79 Å². The van der Waals surface area contributed by atoms with Crippen LogP contribution in [0.1, 0.15) is 34.1 Å². The number of thiophene rings is 1. The highest BCUT2D eigenvalue weighted by Crippen LogP contribution is 2.40. The second-order valence-corrected chi connectivity index (χ2v) is 11.6. The highest BCUT2D eigenvalue weighted by molar-refractivity contribution is 7.91. The normalized spacial score (nSPS) is 16.8. The van der Waals surface area contributed by atoms with Crippen molar-refractivity contribution in [2.24, 2.45) is 5.92 Å². The lowest BCUT2D eigenvalue weighted by Crippen LogP contribution is -2.24. The largest absolute Gasteiger partial charge is 0.486 e. The van der Waals surface area contributed by atoms with Gasteiger partial charge in [0.15, 0.2) is 11.5 Å². The van der Waals surface area contributed by atoms with Gasteiger partial charge >= 0.3 is 11.2 Å². The monoisotopic (exact) mass is 533 g/mol. The van der Waals surface area contributed by atoms with E-state index in [1.54, 1.807) is 18.2 Å². The average Bonchev–Trinajstić information content (AvgIpc) is 3.48. The third-order valence-electron chi connectivity index (χ3n) is 5.94. The second kappa shape index (κ2) is 9.54. The summed E-state index contributed by atoms with van der Waals surface area (Å²) in [5, 5.41) is 9.61. The van der Waals surface area contributed by atoms with Gasteiger partial charge in [0.25, 0.3) is 0 Å². The van der Waals surface area contributed by atoms with Crippen LogP contribution in [0.5, 0.6) is 11.5 Å².